The maximum Gasteiger partial charge on any atom is 0.223 e. The molecule has 2 heterocycles. The number of aromatic nitrogens is 2. The van der Waals surface area contributed by atoms with Gasteiger partial charge in [-0.05, 0) is 60.7 Å². The molecule has 5 N–H and O–H groups in total. The second-order valence-electron chi connectivity index (χ2n) is 9.12. The van der Waals surface area contributed by atoms with E-state index in [4.69, 9.17) is 31.0 Å². The molecule has 1 aliphatic heterocycles. The van der Waals surface area contributed by atoms with Crippen LogP contribution in [0.3, 0.4) is 0 Å². The van der Waals surface area contributed by atoms with E-state index < -0.39 is 43.2 Å². The first-order valence-electron chi connectivity index (χ1n) is 12.3. The molecule has 1 amide bonds. The fraction of sp³-hybridized carbons (Fsp3) is 0.250. The molecule has 1 fully saturated rings. The maximum atomic E-state index is 11.7. The zero-order chi connectivity index (χ0) is 27.5. The minimum atomic E-state index is -1.40. The zero-order valence-corrected chi connectivity index (χ0v) is 21.6. The van der Waals surface area contributed by atoms with Gasteiger partial charge in [-0.1, -0.05) is 23.7 Å². The molecule has 5 rings (SSSR count). The second kappa shape index (κ2) is 11.5. The van der Waals surface area contributed by atoms with Gasteiger partial charge in [0.15, 0.2) is 5.82 Å². The van der Waals surface area contributed by atoms with Gasteiger partial charge in [0.05, 0.1) is 12.1 Å². The first kappa shape index (κ1) is 26.8. The summed E-state index contributed by atoms with van der Waals surface area (Å²) < 4.78 is 11.5. The molecule has 5 atom stereocenters. The summed E-state index contributed by atoms with van der Waals surface area (Å²) in [5, 5.41) is 37.5. The Bertz CT molecular complexity index is 1450. The predicted octanol–water partition coefficient (Wildman–Crippen LogP) is 3.02. The molecule has 39 heavy (non-hydrogen) atoms. The van der Waals surface area contributed by atoms with Gasteiger partial charge < -0.3 is 35.4 Å². The highest BCUT2D eigenvalue weighted by atomic mass is 35.5. The SMILES string of the molecule is CC(=O)N[C@@H]1[C@H](Oc2ccc(Nc3nc(-c4ccc(Cl)cc4)nc4ccccc34)cc2)O[C@H](CO)[C@H](O)[C@@H]1O. The lowest BCUT2D eigenvalue weighted by Gasteiger charge is -2.42. The van der Waals surface area contributed by atoms with Crippen LogP contribution in [0.4, 0.5) is 11.5 Å². The lowest BCUT2D eigenvalue weighted by atomic mass is 9.97. The number of hydrogen-bond acceptors (Lipinski definition) is 9. The Balaban J connectivity index is 1.38. The summed E-state index contributed by atoms with van der Waals surface area (Å²) in [5.74, 6) is 1.12. The van der Waals surface area contributed by atoms with Crippen molar-refractivity contribution in [2.75, 3.05) is 11.9 Å². The van der Waals surface area contributed by atoms with Crippen LogP contribution in [0, 0.1) is 0 Å². The molecule has 1 aliphatic rings. The normalized spacial score (nSPS) is 22.8. The van der Waals surface area contributed by atoms with Gasteiger partial charge in [-0.15, -0.1) is 0 Å². The number of aliphatic hydroxyl groups is 3. The number of rotatable bonds is 7. The number of fused-ring (bicyclic) bond motifs is 1. The highest BCUT2D eigenvalue weighted by Gasteiger charge is 2.46. The lowest BCUT2D eigenvalue weighted by molar-refractivity contribution is -0.244. The van der Waals surface area contributed by atoms with Crippen LogP contribution < -0.4 is 15.4 Å². The highest BCUT2D eigenvalue weighted by molar-refractivity contribution is 6.30. The summed E-state index contributed by atoms with van der Waals surface area (Å²) in [6.45, 7) is 0.753. The summed E-state index contributed by atoms with van der Waals surface area (Å²) in [4.78, 5) is 21.1. The topological polar surface area (TPSA) is 146 Å². The van der Waals surface area contributed by atoms with Crippen LogP contribution in [0.1, 0.15) is 6.92 Å². The first-order valence-corrected chi connectivity index (χ1v) is 12.7. The Kier molecular flexibility index (Phi) is 7.92. The Labute approximate surface area is 229 Å². The molecule has 0 radical (unpaired) electrons. The molecule has 0 spiro atoms. The molecule has 4 aromatic rings. The van der Waals surface area contributed by atoms with Crippen molar-refractivity contribution >= 4 is 39.9 Å². The third-order valence-electron chi connectivity index (χ3n) is 6.33. The monoisotopic (exact) mass is 550 g/mol. The van der Waals surface area contributed by atoms with E-state index in [-0.39, 0.29) is 0 Å². The van der Waals surface area contributed by atoms with E-state index in [0.29, 0.717) is 22.4 Å². The predicted molar refractivity (Wildman–Crippen MR) is 146 cm³/mol. The molecule has 3 aromatic carbocycles. The smallest absolute Gasteiger partial charge is 0.223 e. The van der Waals surface area contributed by atoms with Crippen molar-refractivity contribution in [1.29, 1.82) is 0 Å². The van der Waals surface area contributed by atoms with Gasteiger partial charge in [0.1, 0.15) is 35.9 Å². The van der Waals surface area contributed by atoms with Gasteiger partial charge in [-0.25, -0.2) is 9.97 Å². The summed E-state index contributed by atoms with van der Waals surface area (Å²) in [6, 6.07) is 20.9. The molecule has 0 unspecified atom stereocenters. The third-order valence-corrected chi connectivity index (χ3v) is 6.58. The summed E-state index contributed by atoms with van der Waals surface area (Å²) in [6.07, 6.45) is -5.00. The van der Waals surface area contributed by atoms with Crippen LogP contribution in [0.25, 0.3) is 22.3 Å². The quantitative estimate of drug-likeness (QED) is 0.234. The average molecular weight is 551 g/mol. The molecule has 11 heteroatoms. The van der Waals surface area contributed by atoms with Crippen molar-refractivity contribution in [3.8, 4) is 17.1 Å². The molecule has 10 nitrogen and oxygen atoms in total. The number of nitrogens with one attached hydrogen (secondary N) is 2. The Hall–Kier alpha value is -3.80. The number of para-hydroxylation sites is 1. The molecule has 0 aliphatic carbocycles. The van der Waals surface area contributed by atoms with E-state index in [0.717, 1.165) is 22.2 Å². The number of carbonyl (C=O) groups excluding carboxylic acids is 1. The van der Waals surface area contributed by atoms with E-state index >= 15 is 0 Å². The number of anilines is 2. The van der Waals surface area contributed by atoms with Crippen LogP contribution in [0.5, 0.6) is 5.75 Å². The van der Waals surface area contributed by atoms with E-state index in [9.17, 15) is 20.1 Å². The van der Waals surface area contributed by atoms with Crippen LogP contribution in [0.2, 0.25) is 5.02 Å². The molecule has 202 valence electrons. The number of ether oxygens (including phenoxy) is 2. The lowest BCUT2D eigenvalue weighted by Crippen LogP contribution is -2.65. The highest BCUT2D eigenvalue weighted by Crippen LogP contribution is 2.30. The van der Waals surface area contributed by atoms with Crippen molar-refractivity contribution in [2.45, 2.75) is 37.6 Å². The summed E-state index contributed by atoms with van der Waals surface area (Å²) in [5.41, 5.74) is 2.32. The largest absolute Gasteiger partial charge is 0.463 e. The van der Waals surface area contributed by atoms with Crippen molar-refractivity contribution in [3.05, 3.63) is 77.8 Å². The van der Waals surface area contributed by atoms with Crippen molar-refractivity contribution < 1.29 is 29.6 Å². The Morgan fingerprint density at radius 1 is 1.00 bits per heavy atom. The van der Waals surface area contributed by atoms with E-state index in [1.165, 1.54) is 6.92 Å². The Morgan fingerprint density at radius 3 is 2.41 bits per heavy atom. The summed E-state index contributed by atoms with van der Waals surface area (Å²) >= 11 is 6.04. The van der Waals surface area contributed by atoms with Crippen molar-refractivity contribution in [3.63, 3.8) is 0 Å². The van der Waals surface area contributed by atoms with E-state index in [2.05, 4.69) is 10.6 Å². The first-order chi connectivity index (χ1) is 18.8. The number of benzene rings is 3. The van der Waals surface area contributed by atoms with Crippen LogP contribution in [-0.4, -0.2) is 68.4 Å². The fourth-order valence-corrected chi connectivity index (χ4v) is 4.48. The number of hydrogen-bond donors (Lipinski definition) is 5. The molecule has 1 aromatic heterocycles. The molecular formula is C28H27ClN4O6. The van der Waals surface area contributed by atoms with Crippen molar-refractivity contribution in [2.24, 2.45) is 0 Å². The zero-order valence-electron chi connectivity index (χ0n) is 20.9. The fourth-order valence-electron chi connectivity index (χ4n) is 4.36. The summed E-state index contributed by atoms with van der Waals surface area (Å²) in [7, 11) is 0. The van der Waals surface area contributed by atoms with Gasteiger partial charge in [-0.3, -0.25) is 4.79 Å². The number of amides is 1. The van der Waals surface area contributed by atoms with Crippen LogP contribution in [0.15, 0.2) is 72.8 Å². The van der Waals surface area contributed by atoms with Gasteiger partial charge in [-0.2, -0.15) is 0 Å². The standard InChI is InChI=1S/C28H27ClN4O6/c1-15(35)30-23-25(37)24(36)22(14-34)39-28(23)38-19-12-10-18(11-13-19)31-27-20-4-2-3-5-21(20)32-26(33-27)16-6-8-17(29)9-7-16/h2-13,22-25,28,34,36-37H,14H2,1H3,(H,30,35)(H,31,32,33)/t22-,23+,24+,25-,28-/m1/s1. The van der Waals surface area contributed by atoms with Gasteiger partial charge in [0.2, 0.25) is 12.2 Å². The maximum absolute atomic E-state index is 11.7. The second-order valence-corrected chi connectivity index (χ2v) is 9.56. The number of halogens is 1. The number of nitrogens with zero attached hydrogens (tertiary/aromatic N) is 2. The van der Waals surface area contributed by atoms with E-state index in [1.54, 1.807) is 36.4 Å². The van der Waals surface area contributed by atoms with Gasteiger partial charge >= 0.3 is 0 Å². The molecule has 0 bridgehead atoms. The minimum Gasteiger partial charge on any atom is -0.463 e. The van der Waals surface area contributed by atoms with Gasteiger partial charge in [0, 0.05) is 28.6 Å². The number of carbonyl (C=O) groups is 1. The Morgan fingerprint density at radius 2 is 1.72 bits per heavy atom. The average Bonchev–Trinajstić information content (AvgIpc) is 2.94. The third kappa shape index (κ3) is 5.95. The molecule has 0 saturated carbocycles. The van der Waals surface area contributed by atoms with Crippen LogP contribution >= 0.6 is 11.6 Å². The number of aliphatic hydroxyl groups excluding tert-OH is 3. The molecule has 1 saturated heterocycles. The van der Waals surface area contributed by atoms with Crippen LogP contribution in [-0.2, 0) is 9.53 Å². The van der Waals surface area contributed by atoms with Crippen molar-refractivity contribution in [1.82, 2.24) is 15.3 Å². The van der Waals surface area contributed by atoms with E-state index in [1.807, 2.05) is 36.4 Å². The van der Waals surface area contributed by atoms with Gasteiger partial charge in [0.25, 0.3) is 0 Å². The molecular weight excluding hydrogens is 524 g/mol. The minimum absolute atomic E-state index is 0.385.